The third-order valence-corrected chi connectivity index (χ3v) is 2.57. The molecule has 0 radical (unpaired) electrons. The largest absolute Gasteiger partial charge is 0.497 e. The van der Waals surface area contributed by atoms with E-state index in [1.165, 1.54) is 7.11 Å². The fourth-order valence-corrected chi connectivity index (χ4v) is 1.55. The first-order chi connectivity index (χ1) is 9.22. The van der Waals surface area contributed by atoms with Gasteiger partial charge in [0.1, 0.15) is 11.5 Å². The Morgan fingerprint density at radius 2 is 1.79 bits per heavy atom. The second-order valence-corrected chi connectivity index (χ2v) is 3.80. The van der Waals surface area contributed by atoms with E-state index >= 15 is 0 Å². The van der Waals surface area contributed by atoms with Gasteiger partial charge in [0.05, 0.1) is 14.2 Å². The van der Waals surface area contributed by atoms with Crippen molar-refractivity contribution in [3.8, 4) is 5.75 Å². The molecule has 0 saturated heterocycles. The van der Waals surface area contributed by atoms with E-state index in [4.69, 9.17) is 9.15 Å². The summed E-state index contributed by atoms with van der Waals surface area (Å²) in [5.74, 6) is 1.11. The zero-order chi connectivity index (χ0) is 13.7. The number of esters is 1. The number of carbonyl (C=O) groups excluding carboxylic acids is 1. The van der Waals surface area contributed by atoms with Gasteiger partial charge >= 0.3 is 5.97 Å². The van der Waals surface area contributed by atoms with E-state index in [0.29, 0.717) is 5.76 Å². The van der Waals surface area contributed by atoms with Crippen molar-refractivity contribution in [1.82, 2.24) is 0 Å². The zero-order valence-corrected chi connectivity index (χ0v) is 10.8. The molecule has 0 bridgehead atoms. The minimum absolute atomic E-state index is 0.192. The molecule has 0 amide bonds. The minimum Gasteiger partial charge on any atom is -0.497 e. The maximum Gasteiger partial charge on any atom is 0.373 e. The molecule has 2 aromatic rings. The predicted octanol–water partition coefficient (Wildman–Crippen LogP) is 3.25. The van der Waals surface area contributed by atoms with Gasteiger partial charge in [-0.3, -0.25) is 0 Å². The van der Waals surface area contributed by atoms with E-state index in [0.717, 1.165) is 11.3 Å². The maximum atomic E-state index is 11.2. The van der Waals surface area contributed by atoms with Crippen molar-refractivity contribution in [2.24, 2.45) is 0 Å². The van der Waals surface area contributed by atoms with Gasteiger partial charge in [-0.05, 0) is 35.9 Å². The molecule has 4 nitrogen and oxygen atoms in total. The Hall–Kier alpha value is -2.49. The number of rotatable bonds is 4. The second-order valence-electron chi connectivity index (χ2n) is 3.80. The highest BCUT2D eigenvalue weighted by Crippen LogP contribution is 2.15. The Bertz CT molecular complexity index is 578. The quantitative estimate of drug-likeness (QED) is 0.790. The van der Waals surface area contributed by atoms with E-state index < -0.39 is 5.97 Å². The molecule has 0 aliphatic heterocycles. The number of ether oxygens (including phenoxy) is 2. The molecule has 0 spiro atoms. The molecule has 1 aromatic heterocycles. The van der Waals surface area contributed by atoms with Crippen LogP contribution in [0.15, 0.2) is 40.8 Å². The van der Waals surface area contributed by atoms with Gasteiger partial charge in [0.2, 0.25) is 5.76 Å². The zero-order valence-electron chi connectivity index (χ0n) is 10.8. The number of methoxy groups -OCH3 is 2. The second kappa shape index (κ2) is 5.91. The minimum atomic E-state index is -0.482. The molecular formula is C15H14O4. The van der Waals surface area contributed by atoms with Crippen LogP contribution in [0.3, 0.4) is 0 Å². The van der Waals surface area contributed by atoms with E-state index in [1.807, 2.05) is 30.3 Å². The van der Waals surface area contributed by atoms with Crippen LogP contribution < -0.4 is 4.74 Å². The van der Waals surface area contributed by atoms with Gasteiger partial charge in [-0.15, -0.1) is 0 Å². The van der Waals surface area contributed by atoms with Crippen molar-refractivity contribution in [3.05, 3.63) is 53.5 Å². The van der Waals surface area contributed by atoms with Gasteiger partial charge in [-0.2, -0.15) is 0 Å². The molecule has 0 saturated carbocycles. The van der Waals surface area contributed by atoms with Crippen LogP contribution in [-0.4, -0.2) is 20.2 Å². The highest BCUT2D eigenvalue weighted by molar-refractivity contribution is 5.86. The standard InChI is InChI=1S/C15H14O4/c1-17-12-6-3-11(4-7-12)5-8-13-9-10-14(19-13)15(16)18-2/h3-10H,1-2H3. The summed E-state index contributed by atoms with van der Waals surface area (Å²) in [4.78, 5) is 11.2. The number of hydrogen-bond acceptors (Lipinski definition) is 4. The molecule has 19 heavy (non-hydrogen) atoms. The summed E-state index contributed by atoms with van der Waals surface area (Å²) in [6.45, 7) is 0. The lowest BCUT2D eigenvalue weighted by molar-refractivity contribution is 0.0564. The monoisotopic (exact) mass is 258 g/mol. The summed E-state index contributed by atoms with van der Waals surface area (Å²) < 4.78 is 15.0. The van der Waals surface area contributed by atoms with Crippen LogP contribution in [0.5, 0.6) is 5.75 Å². The van der Waals surface area contributed by atoms with Gasteiger partial charge in [-0.25, -0.2) is 4.79 Å². The molecule has 98 valence electrons. The molecule has 0 atom stereocenters. The fraction of sp³-hybridized carbons (Fsp3) is 0.133. The lowest BCUT2D eigenvalue weighted by Crippen LogP contribution is -1.98. The van der Waals surface area contributed by atoms with Crippen LogP contribution in [0.4, 0.5) is 0 Å². The van der Waals surface area contributed by atoms with Crippen molar-refractivity contribution in [1.29, 1.82) is 0 Å². The Balaban J connectivity index is 2.09. The molecule has 4 heteroatoms. The van der Waals surface area contributed by atoms with Crippen molar-refractivity contribution in [2.45, 2.75) is 0 Å². The highest BCUT2D eigenvalue weighted by atomic mass is 16.5. The van der Waals surface area contributed by atoms with Crippen molar-refractivity contribution in [3.63, 3.8) is 0 Å². The summed E-state index contributed by atoms with van der Waals surface area (Å²) >= 11 is 0. The number of hydrogen-bond donors (Lipinski definition) is 0. The van der Waals surface area contributed by atoms with Crippen molar-refractivity contribution in [2.75, 3.05) is 14.2 Å². The van der Waals surface area contributed by atoms with Crippen LogP contribution in [0.1, 0.15) is 21.9 Å². The molecule has 1 heterocycles. The maximum absolute atomic E-state index is 11.2. The third-order valence-electron chi connectivity index (χ3n) is 2.57. The molecule has 0 unspecified atom stereocenters. The number of carbonyl (C=O) groups is 1. The predicted molar refractivity (Wildman–Crippen MR) is 72.0 cm³/mol. The summed E-state index contributed by atoms with van der Waals surface area (Å²) in [5.41, 5.74) is 1.01. The first-order valence-corrected chi connectivity index (χ1v) is 5.73. The molecule has 0 aliphatic carbocycles. The van der Waals surface area contributed by atoms with E-state index in [-0.39, 0.29) is 5.76 Å². The fourth-order valence-electron chi connectivity index (χ4n) is 1.55. The van der Waals surface area contributed by atoms with E-state index in [1.54, 1.807) is 25.3 Å². The van der Waals surface area contributed by atoms with Crippen LogP contribution >= 0.6 is 0 Å². The van der Waals surface area contributed by atoms with Crippen LogP contribution in [0.2, 0.25) is 0 Å². The summed E-state index contributed by atoms with van der Waals surface area (Å²) in [6.07, 6.45) is 3.67. The molecule has 2 rings (SSSR count). The SMILES string of the molecule is COC(=O)c1ccc(C=Cc2ccc(OC)cc2)o1. The van der Waals surface area contributed by atoms with Gasteiger partial charge in [0.25, 0.3) is 0 Å². The van der Waals surface area contributed by atoms with Gasteiger partial charge in [-0.1, -0.05) is 18.2 Å². The highest BCUT2D eigenvalue weighted by Gasteiger charge is 2.09. The number of benzene rings is 1. The lowest BCUT2D eigenvalue weighted by Gasteiger charge is -1.98. The molecule has 0 aliphatic rings. The summed E-state index contributed by atoms with van der Waals surface area (Å²) in [5, 5.41) is 0. The van der Waals surface area contributed by atoms with Gasteiger partial charge in [0.15, 0.2) is 0 Å². The van der Waals surface area contributed by atoms with E-state index in [2.05, 4.69) is 4.74 Å². The van der Waals surface area contributed by atoms with Crippen molar-refractivity contribution >= 4 is 18.1 Å². The number of furan rings is 1. The normalized spacial score (nSPS) is 10.6. The van der Waals surface area contributed by atoms with Crippen molar-refractivity contribution < 1.29 is 18.7 Å². The molecule has 0 fully saturated rings. The Morgan fingerprint density at radius 1 is 1.05 bits per heavy atom. The average Bonchev–Trinajstić information content (AvgIpc) is 2.93. The van der Waals surface area contributed by atoms with Crippen LogP contribution in [0.25, 0.3) is 12.2 Å². The molecule has 1 aromatic carbocycles. The summed E-state index contributed by atoms with van der Waals surface area (Å²) in [6, 6.07) is 10.9. The third kappa shape index (κ3) is 3.25. The average molecular weight is 258 g/mol. The molecular weight excluding hydrogens is 244 g/mol. The van der Waals surface area contributed by atoms with E-state index in [9.17, 15) is 4.79 Å². The van der Waals surface area contributed by atoms with Gasteiger partial charge < -0.3 is 13.9 Å². The molecule has 0 N–H and O–H groups in total. The summed E-state index contributed by atoms with van der Waals surface area (Å²) in [7, 11) is 2.94. The topological polar surface area (TPSA) is 48.7 Å². The Kier molecular flexibility index (Phi) is 4.03. The first-order valence-electron chi connectivity index (χ1n) is 5.73. The van der Waals surface area contributed by atoms with Crippen LogP contribution in [-0.2, 0) is 4.74 Å². The Morgan fingerprint density at radius 3 is 2.42 bits per heavy atom. The Labute approximate surface area is 111 Å². The lowest BCUT2D eigenvalue weighted by atomic mass is 10.2. The smallest absolute Gasteiger partial charge is 0.373 e. The first kappa shape index (κ1) is 13.0. The van der Waals surface area contributed by atoms with Crippen LogP contribution in [0, 0.1) is 0 Å². The van der Waals surface area contributed by atoms with Gasteiger partial charge in [0, 0.05) is 0 Å².